The van der Waals surface area contributed by atoms with Gasteiger partial charge < -0.3 is 0 Å². The van der Waals surface area contributed by atoms with Crippen molar-refractivity contribution in [1.82, 2.24) is 14.8 Å². The Kier molecular flexibility index (Phi) is 5.71. The summed E-state index contributed by atoms with van der Waals surface area (Å²) in [5.41, 5.74) is 3.46. The maximum atomic E-state index is 13.5. The topological polar surface area (TPSA) is 68.1 Å². The number of aromatic nitrogens is 3. The zero-order chi connectivity index (χ0) is 22.8. The molecule has 0 aliphatic carbocycles. The van der Waals surface area contributed by atoms with Crippen LogP contribution in [0.1, 0.15) is 18.9 Å². The smallest absolute Gasteiger partial charge is 0.235 e. The molecule has 0 aliphatic rings. The molecule has 5 rings (SSSR count). The van der Waals surface area contributed by atoms with E-state index in [0.717, 1.165) is 27.8 Å². The maximum Gasteiger partial charge on any atom is 0.235 e. The summed E-state index contributed by atoms with van der Waals surface area (Å²) in [6.45, 7) is 2.46. The third-order valence-electron chi connectivity index (χ3n) is 5.63. The quantitative estimate of drug-likeness (QED) is 0.348. The van der Waals surface area contributed by atoms with Crippen molar-refractivity contribution < 1.29 is 4.79 Å². The minimum Gasteiger partial charge on any atom is -0.287 e. The number of rotatable bonds is 6. The predicted molar refractivity (Wildman–Crippen MR) is 133 cm³/mol. The molecule has 0 fully saturated rings. The van der Waals surface area contributed by atoms with E-state index in [1.165, 1.54) is 23.1 Å². The van der Waals surface area contributed by atoms with Crippen molar-refractivity contribution in [3.8, 4) is 0 Å². The molecule has 0 bridgehead atoms. The summed E-state index contributed by atoms with van der Waals surface area (Å²) in [4.78, 5) is 32.1. The highest BCUT2D eigenvalue weighted by molar-refractivity contribution is 7.22. The molecule has 1 amide bonds. The van der Waals surface area contributed by atoms with E-state index in [9.17, 15) is 9.59 Å². The van der Waals surface area contributed by atoms with Crippen LogP contribution in [0.3, 0.4) is 0 Å². The summed E-state index contributed by atoms with van der Waals surface area (Å²) in [6.07, 6.45) is 2.45. The summed E-state index contributed by atoms with van der Waals surface area (Å²) >= 11 is 1.49. The average molecular weight is 455 g/mol. The predicted octanol–water partition coefficient (Wildman–Crippen LogP) is 5.32. The van der Waals surface area contributed by atoms with Gasteiger partial charge in [0.2, 0.25) is 11.3 Å². The fourth-order valence-corrected chi connectivity index (χ4v) is 4.85. The Labute approximate surface area is 194 Å². The van der Waals surface area contributed by atoms with Gasteiger partial charge in [0.15, 0.2) is 5.13 Å². The van der Waals surface area contributed by atoms with Crippen LogP contribution in [0.25, 0.3) is 21.1 Å². The van der Waals surface area contributed by atoms with Gasteiger partial charge in [0.05, 0.1) is 34.2 Å². The number of thiazole rings is 1. The Morgan fingerprint density at radius 2 is 1.76 bits per heavy atom. The fourth-order valence-electron chi connectivity index (χ4n) is 3.85. The number of para-hydroxylation sites is 2. The molecule has 3 aromatic carbocycles. The molecule has 33 heavy (non-hydrogen) atoms. The number of nitrogens with zero attached hydrogens (tertiary/aromatic N) is 4. The molecule has 0 aliphatic heterocycles. The molecule has 0 N–H and O–H groups in total. The zero-order valence-corrected chi connectivity index (χ0v) is 19.0. The molecule has 0 atom stereocenters. The highest BCUT2D eigenvalue weighted by atomic mass is 32.1. The van der Waals surface area contributed by atoms with Gasteiger partial charge in [-0.2, -0.15) is 5.10 Å². The first-order valence-corrected chi connectivity index (χ1v) is 11.7. The van der Waals surface area contributed by atoms with E-state index in [2.05, 4.69) is 12.0 Å². The van der Waals surface area contributed by atoms with Crippen molar-refractivity contribution >= 4 is 49.2 Å². The third-order valence-corrected chi connectivity index (χ3v) is 6.65. The van der Waals surface area contributed by atoms with Crippen LogP contribution in [0.15, 0.2) is 83.8 Å². The molecular weight excluding hydrogens is 432 g/mol. The second-order valence-electron chi connectivity index (χ2n) is 7.71. The van der Waals surface area contributed by atoms with Crippen LogP contribution in [0, 0.1) is 0 Å². The van der Waals surface area contributed by atoms with E-state index in [0.29, 0.717) is 17.1 Å². The second kappa shape index (κ2) is 8.96. The first-order valence-electron chi connectivity index (χ1n) is 10.9. The van der Waals surface area contributed by atoms with E-state index in [4.69, 9.17) is 4.98 Å². The molecule has 6 nitrogen and oxygen atoms in total. The van der Waals surface area contributed by atoms with Gasteiger partial charge in [0.1, 0.15) is 0 Å². The molecule has 0 radical (unpaired) electrons. The van der Waals surface area contributed by atoms with Gasteiger partial charge in [-0.15, -0.1) is 0 Å². The van der Waals surface area contributed by atoms with Gasteiger partial charge in [-0.25, -0.2) is 4.98 Å². The molecule has 164 valence electrons. The standard InChI is InChI=1S/C26H22N4O2S/c1-2-18-11-13-19(14-12-18)30(26-28-21-8-4-6-10-24(21)33-26)25(32)15-16-29-22-9-5-3-7-20(22)23(31)17-27-29/h3-14,17H,2,15-16H2,1H3. The van der Waals surface area contributed by atoms with Gasteiger partial charge in [0, 0.05) is 11.8 Å². The zero-order valence-electron chi connectivity index (χ0n) is 18.1. The lowest BCUT2D eigenvalue weighted by molar-refractivity contribution is -0.118. The number of benzene rings is 3. The molecule has 0 unspecified atom stereocenters. The lowest BCUT2D eigenvalue weighted by Crippen LogP contribution is -2.27. The highest BCUT2D eigenvalue weighted by Crippen LogP contribution is 2.34. The van der Waals surface area contributed by atoms with Crippen molar-refractivity contribution in [2.75, 3.05) is 4.90 Å². The third kappa shape index (κ3) is 4.15. The molecule has 2 heterocycles. The lowest BCUT2D eigenvalue weighted by atomic mass is 10.1. The minimum absolute atomic E-state index is 0.0807. The summed E-state index contributed by atoms with van der Waals surface area (Å²) in [5.74, 6) is -0.0807. The second-order valence-corrected chi connectivity index (χ2v) is 8.72. The van der Waals surface area contributed by atoms with Crippen LogP contribution < -0.4 is 10.3 Å². The van der Waals surface area contributed by atoms with Crippen LogP contribution in [-0.4, -0.2) is 20.7 Å². The Morgan fingerprint density at radius 3 is 2.55 bits per heavy atom. The Morgan fingerprint density at radius 1 is 1.00 bits per heavy atom. The molecule has 2 aromatic heterocycles. The maximum absolute atomic E-state index is 13.5. The lowest BCUT2D eigenvalue weighted by Gasteiger charge is -2.21. The van der Waals surface area contributed by atoms with Gasteiger partial charge in [-0.05, 0) is 48.4 Å². The summed E-state index contributed by atoms with van der Waals surface area (Å²) in [7, 11) is 0. The highest BCUT2D eigenvalue weighted by Gasteiger charge is 2.22. The van der Waals surface area contributed by atoms with Crippen LogP contribution in [0.5, 0.6) is 0 Å². The normalized spacial score (nSPS) is 11.2. The molecule has 0 spiro atoms. The van der Waals surface area contributed by atoms with Gasteiger partial charge in [-0.1, -0.05) is 54.7 Å². The van der Waals surface area contributed by atoms with E-state index < -0.39 is 0 Å². The Hall–Kier alpha value is -3.84. The van der Waals surface area contributed by atoms with E-state index >= 15 is 0 Å². The van der Waals surface area contributed by atoms with Crippen LogP contribution in [-0.2, 0) is 17.8 Å². The number of anilines is 2. The van der Waals surface area contributed by atoms with Gasteiger partial charge >= 0.3 is 0 Å². The molecule has 7 heteroatoms. The van der Waals surface area contributed by atoms with Crippen LogP contribution in [0.4, 0.5) is 10.8 Å². The summed E-state index contributed by atoms with van der Waals surface area (Å²) in [5, 5.41) is 5.50. The molecule has 5 aromatic rings. The fraction of sp³-hybridized carbons (Fsp3) is 0.154. The monoisotopic (exact) mass is 454 g/mol. The van der Waals surface area contributed by atoms with Crippen molar-refractivity contribution in [3.63, 3.8) is 0 Å². The van der Waals surface area contributed by atoms with Crippen molar-refractivity contribution in [2.45, 2.75) is 26.3 Å². The first-order chi connectivity index (χ1) is 16.1. The Balaban J connectivity index is 1.49. The largest absolute Gasteiger partial charge is 0.287 e. The van der Waals surface area contributed by atoms with E-state index in [1.54, 1.807) is 15.6 Å². The first kappa shape index (κ1) is 21.0. The van der Waals surface area contributed by atoms with E-state index in [-0.39, 0.29) is 17.8 Å². The number of carbonyl (C=O) groups excluding carboxylic acids is 1. The number of aryl methyl sites for hydroxylation is 2. The average Bonchev–Trinajstić information content (AvgIpc) is 3.28. The van der Waals surface area contributed by atoms with Crippen molar-refractivity contribution in [1.29, 1.82) is 0 Å². The number of hydrogen-bond donors (Lipinski definition) is 0. The van der Waals surface area contributed by atoms with Gasteiger partial charge in [0.25, 0.3) is 0 Å². The van der Waals surface area contributed by atoms with Crippen LogP contribution >= 0.6 is 11.3 Å². The summed E-state index contributed by atoms with van der Waals surface area (Å²) in [6, 6.07) is 23.2. The molecule has 0 saturated carbocycles. The van der Waals surface area contributed by atoms with Crippen LogP contribution in [0.2, 0.25) is 0 Å². The van der Waals surface area contributed by atoms with Gasteiger partial charge in [-0.3, -0.25) is 19.2 Å². The number of fused-ring (bicyclic) bond motifs is 2. The number of carbonyl (C=O) groups is 1. The van der Waals surface area contributed by atoms with Crippen molar-refractivity contribution in [3.05, 3.63) is 94.8 Å². The van der Waals surface area contributed by atoms with E-state index in [1.807, 2.05) is 66.7 Å². The Bertz CT molecular complexity index is 1470. The molecule has 0 saturated heterocycles. The number of amides is 1. The molecular formula is C26H22N4O2S. The summed E-state index contributed by atoms with van der Waals surface area (Å²) < 4.78 is 2.74. The SMILES string of the molecule is CCc1ccc(N(C(=O)CCn2ncc(=O)c3ccccc32)c2nc3ccccc3s2)cc1. The minimum atomic E-state index is -0.125. The van der Waals surface area contributed by atoms with Crippen molar-refractivity contribution in [2.24, 2.45) is 0 Å². The number of hydrogen-bond acceptors (Lipinski definition) is 5.